The molecule has 0 spiro atoms. The first-order chi connectivity index (χ1) is 10.2. The van der Waals surface area contributed by atoms with Crippen LogP contribution in [0.25, 0.3) is 10.8 Å². The van der Waals surface area contributed by atoms with Crippen molar-refractivity contribution in [1.29, 1.82) is 0 Å². The standard InChI is InChI=1S/C16H20N4O/c1-11-13-5-3-4-6-14(13)16(19-18-11)20-8-7-12(10-20)9-15(21)17-2/h3-6,12H,7-10H2,1-2H3,(H,17,21). The molecule has 5 nitrogen and oxygen atoms in total. The Morgan fingerprint density at radius 3 is 2.86 bits per heavy atom. The van der Waals surface area contributed by atoms with E-state index in [4.69, 9.17) is 0 Å². The van der Waals surface area contributed by atoms with Crippen molar-refractivity contribution in [2.45, 2.75) is 19.8 Å². The fraction of sp³-hybridized carbons (Fsp3) is 0.438. The first-order valence-corrected chi connectivity index (χ1v) is 7.36. The highest BCUT2D eigenvalue weighted by Crippen LogP contribution is 2.30. The Morgan fingerprint density at radius 1 is 1.33 bits per heavy atom. The van der Waals surface area contributed by atoms with Crippen LogP contribution in [-0.2, 0) is 4.79 Å². The molecule has 2 aromatic rings. The van der Waals surface area contributed by atoms with Crippen molar-refractivity contribution in [3.8, 4) is 0 Å². The molecule has 21 heavy (non-hydrogen) atoms. The maximum Gasteiger partial charge on any atom is 0.220 e. The topological polar surface area (TPSA) is 58.1 Å². The van der Waals surface area contributed by atoms with Crippen molar-refractivity contribution in [3.05, 3.63) is 30.0 Å². The summed E-state index contributed by atoms with van der Waals surface area (Å²) < 4.78 is 0. The quantitative estimate of drug-likeness (QED) is 0.935. The molecule has 3 rings (SSSR count). The Hall–Kier alpha value is -2.17. The molecule has 1 aliphatic rings. The number of fused-ring (bicyclic) bond motifs is 1. The molecular weight excluding hydrogens is 264 g/mol. The molecule has 1 amide bonds. The van der Waals surface area contributed by atoms with Crippen LogP contribution in [0.2, 0.25) is 0 Å². The summed E-state index contributed by atoms with van der Waals surface area (Å²) >= 11 is 0. The van der Waals surface area contributed by atoms with Crippen LogP contribution in [0.15, 0.2) is 24.3 Å². The highest BCUT2D eigenvalue weighted by molar-refractivity contribution is 5.93. The lowest BCUT2D eigenvalue weighted by Gasteiger charge is -2.19. The van der Waals surface area contributed by atoms with Crippen molar-refractivity contribution >= 4 is 22.5 Å². The third-order valence-corrected chi connectivity index (χ3v) is 4.19. The lowest BCUT2D eigenvalue weighted by molar-refractivity contribution is -0.121. The van der Waals surface area contributed by atoms with Gasteiger partial charge in [0.25, 0.3) is 0 Å². The molecule has 0 saturated carbocycles. The molecule has 1 aromatic carbocycles. The molecule has 1 saturated heterocycles. The largest absolute Gasteiger partial charge is 0.359 e. The number of aromatic nitrogens is 2. The van der Waals surface area contributed by atoms with Crippen molar-refractivity contribution in [3.63, 3.8) is 0 Å². The van der Waals surface area contributed by atoms with Gasteiger partial charge in [0.1, 0.15) is 0 Å². The predicted molar refractivity (Wildman–Crippen MR) is 83.3 cm³/mol. The van der Waals surface area contributed by atoms with Gasteiger partial charge in [0.2, 0.25) is 5.91 Å². The molecule has 2 heterocycles. The summed E-state index contributed by atoms with van der Waals surface area (Å²) in [5.41, 5.74) is 0.954. The molecular formula is C16H20N4O. The summed E-state index contributed by atoms with van der Waals surface area (Å²) in [5.74, 6) is 1.45. The second kappa shape index (κ2) is 5.68. The van der Waals surface area contributed by atoms with Gasteiger partial charge < -0.3 is 10.2 Å². The van der Waals surface area contributed by atoms with Crippen LogP contribution in [0, 0.1) is 12.8 Å². The minimum absolute atomic E-state index is 0.113. The van der Waals surface area contributed by atoms with E-state index >= 15 is 0 Å². The number of nitrogens with zero attached hydrogens (tertiary/aromatic N) is 3. The molecule has 1 N–H and O–H groups in total. The van der Waals surface area contributed by atoms with Gasteiger partial charge in [-0.15, -0.1) is 5.10 Å². The lowest BCUT2D eigenvalue weighted by atomic mass is 10.0. The fourth-order valence-corrected chi connectivity index (χ4v) is 3.01. The molecule has 5 heteroatoms. The number of amides is 1. The third-order valence-electron chi connectivity index (χ3n) is 4.19. The Kier molecular flexibility index (Phi) is 3.73. The normalized spacial score (nSPS) is 18.2. The summed E-state index contributed by atoms with van der Waals surface area (Å²) in [5, 5.41) is 13.7. The summed E-state index contributed by atoms with van der Waals surface area (Å²) in [4.78, 5) is 13.8. The van der Waals surface area contributed by atoms with E-state index in [1.54, 1.807) is 7.05 Å². The Balaban J connectivity index is 1.86. The molecule has 1 atom stereocenters. The van der Waals surface area contributed by atoms with E-state index in [1.165, 1.54) is 0 Å². The van der Waals surface area contributed by atoms with Gasteiger partial charge in [0.05, 0.1) is 5.69 Å². The van der Waals surface area contributed by atoms with Gasteiger partial charge in [0, 0.05) is 37.3 Å². The van der Waals surface area contributed by atoms with Gasteiger partial charge in [-0.25, -0.2) is 0 Å². The van der Waals surface area contributed by atoms with Crippen molar-refractivity contribution < 1.29 is 4.79 Å². The maximum absolute atomic E-state index is 11.5. The monoisotopic (exact) mass is 284 g/mol. The number of carbonyl (C=O) groups excluding carboxylic acids is 1. The summed E-state index contributed by atoms with van der Waals surface area (Å²) in [6.07, 6.45) is 1.61. The number of carbonyl (C=O) groups is 1. The number of aryl methyl sites for hydroxylation is 1. The van der Waals surface area contributed by atoms with Crippen LogP contribution >= 0.6 is 0 Å². The number of benzene rings is 1. The number of hydrogen-bond acceptors (Lipinski definition) is 4. The summed E-state index contributed by atoms with van der Waals surface area (Å²) in [6, 6.07) is 8.24. The van der Waals surface area contributed by atoms with Crippen molar-refractivity contribution in [2.75, 3.05) is 25.0 Å². The minimum Gasteiger partial charge on any atom is -0.359 e. The van der Waals surface area contributed by atoms with Crippen LogP contribution in [0.5, 0.6) is 0 Å². The number of rotatable bonds is 3. The first kappa shape index (κ1) is 13.8. The second-order valence-electron chi connectivity index (χ2n) is 5.63. The van der Waals surface area contributed by atoms with Gasteiger partial charge in [-0.2, -0.15) is 5.10 Å². The van der Waals surface area contributed by atoms with Gasteiger partial charge in [0.15, 0.2) is 5.82 Å². The first-order valence-electron chi connectivity index (χ1n) is 7.36. The van der Waals surface area contributed by atoms with E-state index < -0.39 is 0 Å². The number of anilines is 1. The average molecular weight is 284 g/mol. The van der Waals surface area contributed by atoms with Crippen LogP contribution < -0.4 is 10.2 Å². The van der Waals surface area contributed by atoms with Crippen LogP contribution in [0.3, 0.4) is 0 Å². The Labute approximate surface area is 124 Å². The summed E-state index contributed by atoms with van der Waals surface area (Å²) in [7, 11) is 1.69. The molecule has 110 valence electrons. The number of nitrogens with one attached hydrogen (secondary N) is 1. The average Bonchev–Trinajstić information content (AvgIpc) is 2.96. The van der Waals surface area contributed by atoms with Crippen LogP contribution in [0.1, 0.15) is 18.5 Å². The van der Waals surface area contributed by atoms with Gasteiger partial charge in [-0.1, -0.05) is 24.3 Å². The van der Waals surface area contributed by atoms with Crippen molar-refractivity contribution in [2.24, 2.45) is 5.92 Å². The number of hydrogen-bond donors (Lipinski definition) is 1. The SMILES string of the molecule is CNC(=O)CC1CCN(c2nnc(C)c3ccccc23)C1. The third kappa shape index (κ3) is 2.68. The molecule has 1 aliphatic heterocycles. The second-order valence-corrected chi connectivity index (χ2v) is 5.63. The van der Waals surface area contributed by atoms with Crippen molar-refractivity contribution in [1.82, 2.24) is 15.5 Å². The Bertz CT molecular complexity index is 670. The van der Waals surface area contributed by atoms with E-state index in [0.29, 0.717) is 12.3 Å². The highest BCUT2D eigenvalue weighted by Gasteiger charge is 2.26. The van der Waals surface area contributed by atoms with E-state index in [0.717, 1.165) is 41.8 Å². The molecule has 0 radical (unpaired) electrons. The Morgan fingerprint density at radius 2 is 2.10 bits per heavy atom. The zero-order valence-electron chi connectivity index (χ0n) is 12.5. The minimum atomic E-state index is 0.113. The van der Waals surface area contributed by atoms with Crippen LogP contribution in [-0.4, -0.2) is 36.2 Å². The van der Waals surface area contributed by atoms with Gasteiger partial charge in [-0.05, 0) is 19.3 Å². The van der Waals surface area contributed by atoms with Gasteiger partial charge in [-0.3, -0.25) is 4.79 Å². The smallest absolute Gasteiger partial charge is 0.220 e. The fourth-order valence-electron chi connectivity index (χ4n) is 3.01. The van der Waals surface area contributed by atoms with E-state index in [2.05, 4.69) is 32.5 Å². The maximum atomic E-state index is 11.5. The van der Waals surface area contributed by atoms with Crippen LogP contribution in [0.4, 0.5) is 5.82 Å². The molecule has 1 fully saturated rings. The molecule has 1 aromatic heterocycles. The van der Waals surface area contributed by atoms with Gasteiger partial charge >= 0.3 is 0 Å². The lowest BCUT2D eigenvalue weighted by Crippen LogP contribution is -2.25. The zero-order valence-corrected chi connectivity index (χ0v) is 12.5. The molecule has 1 unspecified atom stereocenters. The zero-order chi connectivity index (χ0) is 14.8. The van der Waals surface area contributed by atoms with E-state index in [1.807, 2.05) is 19.1 Å². The predicted octanol–water partition coefficient (Wildman–Crippen LogP) is 1.90. The molecule has 0 aliphatic carbocycles. The highest BCUT2D eigenvalue weighted by atomic mass is 16.1. The van der Waals surface area contributed by atoms with E-state index in [9.17, 15) is 4.79 Å². The van der Waals surface area contributed by atoms with E-state index in [-0.39, 0.29) is 5.91 Å². The summed E-state index contributed by atoms with van der Waals surface area (Å²) in [6.45, 7) is 3.79. The molecule has 0 bridgehead atoms.